The van der Waals surface area contributed by atoms with Gasteiger partial charge in [-0.15, -0.1) is 0 Å². The average molecular weight is 327 g/mol. The van der Waals surface area contributed by atoms with E-state index >= 15 is 0 Å². The van der Waals surface area contributed by atoms with Crippen molar-refractivity contribution < 1.29 is 17.1 Å². The summed E-state index contributed by atoms with van der Waals surface area (Å²) in [6.07, 6.45) is 16.4. The smallest absolute Gasteiger partial charge is 0.330 e. The minimum absolute atomic E-state index is 0. The molecular formula is C17H25FeN3+2. The molecule has 3 nitrogen and oxygen atoms in total. The zero-order valence-corrected chi connectivity index (χ0v) is 13.8. The largest absolute Gasteiger partial charge is 2.00 e. The molecule has 0 aromatic rings. The quantitative estimate of drug-likeness (QED) is 0.785. The summed E-state index contributed by atoms with van der Waals surface area (Å²) in [5.74, 6) is 2.70. The summed E-state index contributed by atoms with van der Waals surface area (Å²) < 4.78 is 0. The minimum Gasteiger partial charge on any atom is -0.330 e. The second kappa shape index (κ2) is 11.0. The topological polar surface area (TPSA) is 32.5 Å². The summed E-state index contributed by atoms with van der Waals surface area (Å²) in [5.41, 5.74) is 5.70. The molecule has 1 saturated heterocycles. The summed E-state index contributed by atoms with van der Waals surface area (Å²) in [6, 6.07) is 0. The summed E-state index contributed by atoms with van der Waals surface area (Å²) >= 11 is 0. The summed E-state index contributed by atoms with van der Waals surface area (Å²) in [7, 11) is 2.19. The van der Waals surface area contributed by atoms with Crippen LogP contribution >= 0.6 is 0 Å². The number of nitrogens with two attached hydrogens (primary N) is 1. The van der Waals surface area contributed by atoms with Crippen molar-refractivity contribution >= 4 is 0 Å². The Morgan fingerprint density at radius 2 is 1.38 bits per heavy atom. The van der Waals surface area contributed by atoms with Gasteiger partial charge in [-0.1, -0.05) is 0 Å². The fourth-order valence-corrected chi connectivity index (χ4v) is 2.42. The number of rotatable bonds is 3. The van der Waals surface area contributed by atoms with Crippen molar-refractivity contribution in [3.8, 4) is 0 Å². The van der Waals surface area contributed by atoms with Crippen molar-refractivity contribution in [3.63, 3.8) is 0 Å². The molecule has 114 valence electrons. The van der Waals surface area contributed by atoms with Crippen molar-refractivity contribution in [3.05, 3.63) is 63.2 Å². The third-order valence-electron chi connectivity index (χ3n) is 3.77. The van der Waals surface area contributed by atoms with Crippen LogP contribution in [0.1, 0.15) is 0 Å². The van der Waals surface area contributed by atoms with Gasteiger partial charge in [0.25, 0.3) is 0 Å². The number of nitrogens with zero attached hydrogens (tertiary/aromatic N) is 2. The molecule has 0 bridgehead atoms. The van der Waals surface area contributed by atoms with E-state index in [4.69, 9.17) is 5.73 Å². The van der Waals surface area contributed by atoms with Gasteiger partial charge in [0.2, 0.25) is 0 Å². The fraction of sp³-hybridized carbons (Fsp3) is 0.412. The molecular weight excluding hydrogens is 302 g/mol. The molecule has 3 aliphatic rings. The Bertz CT molecular complexity index is 243. The maximum Gasteiger partial charge on any atom is 2.00 e. The van der Waals surface area contributed by atoms with E-state index in [1.54, 1.807) is 0 Å². The van der Waals surface area contributed by atoms with Crippen molar-refractivity contribution in [1.82, 2.24) is 9.80 Å². The van der Waals surface area contributed by atoms with E-state index in [-0.39, 0.29) is 17.1 Å². The van der Waals surface area contributed by atoms with Crippen LogP contribution in [-0.2, 0) is 17.1 Å². The molecule has 0 aromatic heterocycles. The molecule has 2 saturated carbocycles. The van der Waals surface area contributed by atoms with Crippen LogP contribution < -0.4 is 5.73 Å². The molecule has 0 spiro atoms. The summed E-state index contributed by atoms with van der Waals surface area (Å²) in [6.45, 7) is 6.43. The van der Waals surface area contributed by atoms with Gasteiger partial charge in [0.15, 0.2) is 0 Å². The predicted molar refractivity (Wildman–Crippen MR) is 83.9 cm³/mol. The fourth-order valence-electron chi connectivity index (χ4n) is 2.42. The number of piperazine rings is 1. The Kier molecular flexibility index (Phi) is 10.2. The van der Waals surface area contributed by atoms with Crippen LogP contribution in [0.4, 0.5) is 0 Å². The molecule has 1 heterocycles. The molecule has 0 aromatic carbocycles. The molecule has 2 aliphatic carbocycles. The van der Waals surface area contributed by atoms with Crippen LogP contribution in [0.2, 0.25) is 0 Å². The van der Waals surface area contributed by atoms with Gasteiger partial charge in [0, 0.05) is 44.6 Å². The van der Waals surface area contributed by atoms with E-state index in [2.05, 4.69) is 36.1 Å². The molecule has 3 fully saturated rings. The maximum absolute atomic E-state index is 5.70. The average Bonchev–Trinajstić information content (AvgIpc) is 3.15. The zero-order chi connectivity index (χ0) is 14.2. The monoisotopic (exact) mass is 327 g/mol. The van der Waals surface area contributed by atoms with Gasteiger partial charge in [-0.3, -0.25) is 0 Å². The third kappa shape index (κ3) is 7.00. The molecule has 0 atom stereocenters. The van der Waals surface area contributed by atoms with Gasteiger partial charge < -0.3 is 15.5 Å². The predicted octanol–water partition coefficient (Wildman–Crippen LogP) is 0.987. The summed E-state index contributed by atoms with van der Waals surface area (Å²) in [5, 5.41) is 0. The van der Waals surface area contributed by atoms with Crippen molar-refractivity contribution in [2.24, 2.45) is 5.73 Å². The Balaban J connectivity index is 0.000000313. The molecule has 10 radical (unpaired) electrons. The van der Waals surface area contributed by atoms with Crippen molar-refractivity contribution in [1.29, 1.82) is 0 Å². The first-order valence-electron chi connectivity index (χ1n) is 7.30. The Hall–Kier alpha value is 0.399. The third-order valence-corrected chi connectivity index (χ3v) is 3.77. The van der Waals surface area contributed by atoms with Gasteiger partial charge in [0.05, 0.1) is 0 Å². The normalized spacial score (nSPS) is 25.4. The second-order valence-corrected chi connectivity index (χ2v) is 5.32. The van der Waals surface area contributed by atoms with Gasteiger partial charge in [0.1, 0.15) is 0 Å². The maximum atomic E-state index is 5.70. The van der Waals surface area contributed by atoms with Crippen LogP contribution in [0.3, 0.4) is 0 Å². The first-order chi connectivity index (χ1) is 9.79. The number of likely N-dealkylation sites (N-methyl/N-ethyl adjacent to an activating group) is 1. The van der Waals surface area contributed by atoms with Crippen LogP contribution in [0.5, 0.6) is 0 Å². The van der Waals surface area contributed by atoms with E-state index in [0.29, 0.717) is 6.54 Å². The summed E-state index contributed by atoms with van der Waals surface area (Å²) in [4.78, 5) is 4.89. The molecule has 1 aliphatic heterocycles. The van der Waals surface area contributed by atoms with Crippen LogP contribution in [-0.4, -0.2) is 56.1 Å². The van der Waals surface area contributed by atoms with Crippen molar-refractivity contribution in [2.75, 3.05) is 46.3 Å². The molecule has 0 unspecified atom stereocenters. The Labute approximate surface area is 142 Å². The zero-order valence-electron chi connectivity index (χ0n) is 12.7. The standard InChI is InChI=1S/C12H20N3.C5H5.Fe/c1-14-5-7-15(8-6-14)10-12-4-2-3-11(12)9-13;1-2-4-5-3-1;/h2-4H,5-10,13H2,1H3;1-5H;/q;;+2. The van der Waals surface area contributed by atoms with Crippen molar-refractivity contribution in [2.45, 2.75) is 0 Å². The van der Waals surface area contributed by atoms with Crippen LogP contribution in [0.15, 0.2) is 0 Å². The number of hydrogen-bond acceptors (Lipinski definition) is 3. The first kappa shape index (κ1) is 19.4. The SMILES string of the molecule is CN1CCN(C[C]2[CH][CH][CH][C]2CN)CC1.[CH]1[CH][CH][CH][CH]1.[Fe+2]. The molecule has 0 amide bonds. The molecule has 2 N–H and O–H groups in total. The van der Waals surface area contributed by atoms with Gasteiger partial charge in [-0.2, -0.15) is 0 Å². The van der Waals surface area contributed by atoms with Gasteiger partial charge >= 0.3 is 17.1 Å². The molecule has 21 heavy (non-hydrogen) atoms. The van der Waals surface area contributed by atoms with E-state index in [0.717, 1.165) is 6.54 Å². The Morgan fingerprint density at radius 1 is 0.857 bits per heavy atom. The van der Waals surface area contributed by atoms with E-state index in [9.17, 15) is 0 Å². The first-order valence-corrected chi connectivity index (χ1v) is 7.30. The van der Waals surface area contributed by atoms with E-state index in [1.165, 1.54) is 38.0 Å². The molecule has 4 heteroatoms. The van der Waals surface area contributed by atoms with E-state index in [1.807, 2.05) is 32.1 Å². The van der Waals surface area contributed by atoms with E-state index < -0.39 is 0 Å². The Morgan fingerprint density at radius 3 is 1.90 bits per heavy atom. The van der Waals surface area contributed by atoms with Crippen LogP contribution in [0, 0.1) is 63.2 Å². The van der Waals surface area contributed by atoms with Gasteiger partial charge in [-0.25, -0.2) is 0 Å². The van der Waals surface area contributed by atoms with Crippen LogP contribution in [0.25, 0.3) is 0 Å². The second-order valence-electron chi connectivity index (χ2n) is 5.32. The number of hydrogen-bond donors (Lipinski definition) is 1. The van der Waals surface area contributed by atoms with Gasteiger partial charge in [-0.05, 0) is 65.0 Å². The minimum atomic E-state index is 0. The molecule has 3 rings (SSSR count).